The van der Waals surface area contributed by atoms with Crippen molar-refractivity contribution in [3.63, 3.8) is 0 Å². The third-order valence-electron chi connectivity index (χ3n) is 5.46. The number of carbonyl (C=O) groups excluding carboxylic acids is 1. The van der Waals surface area contributed by atoms with E-state index >= 15 is 0 Å². The van der Waals surface area contributed by atoms with Crippen molar-refractivity contribution in [3.05, 3.63) is 0 Å². The summed E-state index contributed by atoms with van der Waals surface area (Å²) in [7, 11) is 0. The Kier molecular flexibility index (Phi) is 5.88. The zero-order valence-electron chi connectivity index (χ0n) is 13.3. The number of carbonyl (C=O) groups is 1. The second-order valence-corrected chi connectivity index (χ2v) is 7.27. The van der Waals surface area contributed by atoms with Gasteiger partial charge in [0.2, 0.25) is 5.91 Å². The first-order valence-corrected chi connectivity index (χ1v) is 8.61. The Balaban J connectivity index is 1.76. The lowest BCUT2D eigenvalue weighted by Crippen LogP contribution is -2.44. The highest BCUT2D eigenvalue weighted by Gasteiger charge is 2.29. The fourth-order valence-corrected chi connectivity index (χ4v) is 3.76. The highest BCUT2D eigenvalue weighted by molar-refractivity contribution is 5.78. The molecule has 0 aromatic carbocycles. The van der Waals surface area contributed by atoms with E-state index in [0.29, 0.717) is 11.3 Å². The Labute approximate surface area is 124 Å². The van der Waals surface area contributed by atoms with E-state index in [1.165, 1.54) is 38.5 Å². The molecule has 20 heavy (non-hydrogen) atoms. The third-order valence-corrected chi connectivity index (χ3v) is 5.46. The molecule has 3 nitrogen and oxygen atoms in total. The fraction of sp³-hybridized carbons (Fsp3) is 0.941. The van der Waals surface area contributed by atoms with Crippen LogP contribution in [0.4, 0.5) is 0 Å². The molecule has 1 amide bonds. The molecule has 1 aliphatic carbocycles. The molecule has 3 heteroatoms. The summed E-state index contributed by atoms with van der Waals surface area (Å²) in [6.45, 7) is 7.50. The van der Waals surface area contributed by atoms with Crippen molar-refractivity contribution in [2.75, 3.05) is 19.6 Å². The summed E-state index contributed by atoms with van der Waals surface area (Å²) in [4.78, 5) is 12.4. The molecule has 2 rings (SSSR count). The lowest BCUT2D eigenvalue weighted by atomic mass is 9.80. The van der Waals surface area contributed by atoms with Gasteiger partial charge in [-0.15, -0.1) is 0 Å². The Morgan fingerprint density at radius 3 is 2.55 bits per heavy atom. The van der Waals surface area contributed by atoms with Gasteiger partial charge in [-0.05, 0) is 50.1 Å². The highest BCUT2D eigenvalue weighted by atomic mass is 16.1. The monoisotopic (exact) mass is 280 g/mol. The Morgan fingerprint density at radius 2 is 1.95 bits per heavy atom. The van der Waals surface area contributed by atoms with Crippen LogP contribution in [0.25, 0.3) is 0 Å². The van der Waals surface area contributed by atoms with Crippen molar-refractivity contribution in [2.45, 2.75) is 65.2 Å². The average Bonchev–Trinajstić information content (AvgIpc) is 2.96. The molecular formula is C17H32N2O. The summed E-state index contributed by atoms with van der Waals surface area (Å²) >= 11 is 0. The topological polar surface area (TPSA) is 41.1 Å². The second-order valence-electron chi connectivity index (χ2n) is 7.27. The summed E-state index contributed by atoms with van der Waals surface area (Å²) in [6.07, 6.45) is 9.86. The molecule has 1 saturated heterocycles. The Bertz CT molecular complexity index is 304. The quantitative estimate of drug-likeness (QED) is 0.785. The van der Waals surface area contributed by atoms with Crippen molar-refractivity contribution in [1.82, 2.24) is 10.6 Å². The van der Waals surface area contributed by atoms with Crippen LogP contribution in [0.3, 0.4) is 0 Å². The molecule has 1 aliphatic heterocycles. The van der Waals surface area contributed by atoms with Crippen LogP contribution >= 0.6 is 0 Å². The van der Waals surface area contributed by atoms with E-state index in [0.717, 1.165) is 38.4 Å². The summed E-state index contributed by atoms with van der Waals surface area (Å²) in [5.74, 6) is 1.35. The Hall–Kier alpha value is -0.570. The fourth-order valence-electron chi connectivity index (χ4n) is 3.76. The molecule has 1 atom stereocenters. The molecular weight excluding hydrogens is 248 g/mol. The van der Waals surface area contributed by atoms with Gasteiger partial charge in [0.05, 0.1) is 0 Å². The van der Waals surface area contributed by atoms with E-state index in [1.807, 2.05) is 0 Å². The second kappa shape index (κ2) is 7.44. The van der Waals surface area contributed by atoms with Crippen LogP contribution in [0.15, 0.2) is 0 Å². The molecule has 0 aromatic rings. The van der Waals surface area contributed by atoms with Crippen molar-refractivity contribution < 1.29 is 4.79 Å². The lowest BCUT2D eigenvalue weighted by molar-refractivity contribution is -0.126. The van der Waals surface area contributed by atoms with Crippen LogP contribution in [0.5, 0.6) is 0 Å². The number of piperidine rings is 1. The molecule has 1 unspecified atom stereocenters. The van der Waals surface area contributed by atoms with E-state index in [2.05, 4.69) is 24.5 Å². The van der Waals surface area contributed by atoms with E-state index < -0.39 is 0 Å². The van der Waals surface area contributed by atoms with Crippen LogP contribution < -0.4 is 10.6 Å². The molecule has 0 radical (unpaired) electrons. The predicted molar refractivity (Wildman–Crippen MR) is 83.6 cm³/mol. The molecule has 0 spiro atoms. The summed E-state index contributed by atoms with van der Waals surface area (Å²) < 4.78 is 0. The maximum atomic E-state index is 12.4. The van der Waals surface area contributed by atoms with Crippen LogP contribution in [-0.4, -0.2) is 25.5 Å². The maximum Gasteiger partial charge on any atom is 0.223 e. The molecule has 2 N–H and O–H groups in total. The largest absolute Gasteiger partial charge is 0.355 e. The SMILES string of the molecule is CCC(CC1CCCC1)C(=O)NCC1(C)CCNCC1. The zero-order valence-corrected chi connectivity index (χ0v) is 13.3. The minimum absolute atomic E-state index is 0.239. The van der Waals surface area contributed by atoms with Crippen LogP contribution in [0, 0.1) is 17.3 Å². The van der Waals surface area contributed by atoms with Gasteiger partial charge in [0.15, 0.2) is 0 Å². The van der Waals surface area contributed by atoms with Crippen molar-refractivity contribution in [1.29, 1.82) is 0 Å². The summed E-state index contributed by atoms with van der Waals surface area (Å²) in [6, 6.07) is 0. The van der Waals surface area contributed by atoms with Crippen LogP contribution in [-0.2, 0) is 4.79 Å². The minimum atomic E-state index is 0.239. The number of nitrogens with one attached hydrogen (secondary N) is 2. The van der Waals surface area contributed by atoms with Crippen molar-refractivity contribution >= 4 is 5.91 Å². The van der Waals surface area contributed by atoms with Gasteiger partial charge in [0, 0.05) is 12.5 Å². The van der Waals surface area contributed by atoms with Gasteiger partial charge in [0.25, 0.3) is 0 Å². The van der Waals surface area contributed by atoms with E-state index in [4.69, 9.17) is 0 Å². The van der Waals surface area contributed by atoms with Gasteiger partial charge < -0.3 is 10.6 Å². The maximum absolute atomic E-state index is 12.4. The van der Waals surface area contributed by atoms with Gasteiger partial charge in [-0.1, -0.05) is 39.5 Å². The molecule has 1 heterocycles. The first-order valence-electron chi connectivity index (χ1n) is 8.61. The van der Waals surface area contributed by atoms with Gasteiger partial charge in [-0.2, -0.15) is 0 Å². The molecule has 0 bridgehead atoms. The highest BCUT2D eigenvalue weighted by Crippen LogP contribution is 2.32. The third kappa shape index (κ3) is 4.47. The molecule has 116 valence electrons. The molecule has 2 aliphatic rings. The van der Waals surface area contributed by atoms with Gasteiger partial charge in [-0.3, -0.25) is 4.79 Å². The zero-order chi connectivity index (χ0) is 14.4. The van der Waals surface area contributed by atoms with E-state index in [9.17, 15) is 4.79 Å². The number of rotatable bonds is 6. The standard InChI is InChI=1S/C17H32N2O/c1-3-15(12-14-6-4-5-7-14)16(20)19-13-17(2)8-10-18-11-9-17/h14-15,18H,3-13H2,1-2H3,(H,19,20). The lowest BCUT2D eigenvalue weighted by Gasteiger charge is -2.34. The first-order chi connectivity index (χ1) is 9.63. The predicted octanol–water partition coefficient (Wildman–Crippen LogP) is 3.10. The Morgan fingerprint density at radius 1 is 1.30 bits per heavy atom. The molecule has 0 aromatic heterocycles. The van der Waals surface area contributed by atoms with Crippen molar-refractivity contribution in [2.24, 2.45) is 17.3 Å². The smallest absolute Gasteiger partial charge is 0.223 e. The van der Waals surface area contributed by atoms with Crippen molar-refractivity contribution in [3.8, 4) is 0 Å². The van der Waals surface area contributed by atoms with Crippen LogP contribution in [0.2, 0.25) is 0 Å². The number of hydrogen-bond acceptors (Lipinski definition) is 2. The first kappa shape index (κ1) is 15.8. The van der Waals surface area contributed by atoms with Gasteiger partial charge in [0.1, 0.15) is 0 Å². The average molecular weight is 280 g/mol. The summed E-state index contributed by atoms with van der Waals surface area (Å²) in [5.41, 5.74) is 0.298. The molecule has 1 saturated carbocycles. The molecule has 2 fully saturated rings. The number of hydrogen-bond donors (Lipinski definition) is 2. The van der Waals surface area contributed by atoms with Gasteiger partial charge in [-0.25, -0.2) is 0 Å². The minimum Gasteiger partial charge on any atom is -0.355 e. The van der Waals surface area contributed by atoms with E-state index in [1.54, 1.807) is 0 Å². The van der Waals surface area contributed by atoms with E-state index in [-0.39, 0.29) is 5.92 Å². The normalized spacial score (nSPS) is 24.5. The van der Waals surface area contributed by atoms with Gasteiger partial charge >= 0.3 is 0 Å². The van der Waals surface area contributed by atoms with Crippen LogP contribution in [0.1, 0.15) is 65.2 Å². The number of amides is 1. The summed E-state index contributed by atoms with van der Waals surface area (Å²) in [5, 5.41) is 6.65.